The fraction of sp³-hybridized carbons (Fsp3) is 0.538. The first kappa shape index (κ1) is 13.8. The molecule has 2 aromatic heterocycles. The molecule has 0 spiro atoms. The molecule has 0 N–H and O–H groups in total. The van der Waals surface area contributed by atoms with Crippen LogP contribution in [-0.4, -0.2) is 14.5 Å². The molecule has 0 saturated carbocycles. The molecule has 2 aromatic rings. The van der Waals surface area contributed by atoms with Crippen LogP contribution in [0.15, 0.2) is 4.47 Å². The molecule has 0 fully saturated rings. The molecule has 0 radical (unpaired) electrons. The Labute approximate surface area is 121 Å². The number of nitrogens with zero attached hydrogens (tertiary/aromatic N) is 3. The van der Waals surface area contributed by atoms with E-state index in [1.54, 1.807) is 0 Å². The highest BCUT2D eigenvalue weighted by molar-refractivity contribution is 9.10. The summed E-state index contributed by atoms with van der Waals surface area (Å²) in [4.78, 5) is 9.32. The maximum absolute atomic E-state index is 6.28. The normalized spacial score (nSPS) is 11.7. The van der Waals surface area contributed by atoms with Crippen LogP contribution < -0.4 is 0 Å². The molecule has 0 atom stereocenters. The van der Waals surface area contributed by atoms with E-state index in [2.05, 4.69) is 41.7 Å². The Balaban J connectivity index is 2.81. The molecule has 0 bridgehead atoms. The monoisotopic (exact) mass is 329 g/mol. The summed E-state index contributed by atoms with van der Waals surface area (Å²) in [5, 5.41) is 1.72. The van der Waals surface area contributed by atoms with Crippen LogP contribution >= 0.6 is 27.5 Å². The van der Waals surface area contributed by atoms with Crippen LogP contribution in [0.4, 0.5) is 0 Å². The number of halogens is 2. The van der Waals surface area contributed by atoms with Gasteiger partial charge in [-0.3, -0.25) is 0 Å². The number of hydrogen-bond donors (Lipinski definition) is 0. The van der Waals surface area contributed by atoms with Gasteiger partial charge in [0.2, 0.25) is 0 Å². The lowest BCUT2D eigenvalue weighted by Gasteiger charge is -2.09. The van der Waals surface area contributed by atoms with E-state index in [1.807, 2.05) is 11.6 Å². The van der Waals surface area contributed by atoms with E-state index >= 15 is 0 Å². The summed E-state index contributed by atoms with van der Waals surface area (Å²) in [5.74, 6) is 1.25. The fourth-order valence-electron chi connectivity index (χ4n) is 2.06. The van der Waals surface area contributed by atoms with Crippen LogP contribution in [0.3, 0.4) is 0 Å². The predicted octanol–water partition coefficient (Wildman–Crippen LogP) is 4.46. The number of aromatic nitrogens is 3. The zero-order valence-electron chi connectivity index (χ0n) is 11.1. The van der Waals surface area contributed by atoms with E-state index in [4.69, 9.17) is 16.6 Å². The Morgan fingerprint density at radius 3 is 2.56 bits per heavy atom. The molecule has 5 heteroatoms. The number of aryl methyl sites for hydroxylation is 2. The zero-order valence-corrected chi connectivity index (χ0v) is 13.4. The average molecular weight is 331 g/mol. The standard InChI is InChI=1S/C13H17BrClN3/c1-5-6-8-16-11(7(2)3)9-10(14)12(15)18(4)13(9)17-8/h7H,5-6H2,1-4H3. The van der Waals surface area contributed by atoms with Gasteiger partial charge in [-0.1, -0.05) is 32.4 Å². The van der Waals surface area contributed by atoms with Crippen molar-refractivity contribution >= 4 is 38.6 Å². The molecule has 0 aliphatic rings. The predicted molar refractivity (Wildman–Crippen MR) is 79.3 cm³/mol. The zero-order chi connectivity index (χ0) is 13.4. The lowest BCUT2D eigenvalue weighted by atomic mass is 10.1. The Morgan fingerprint density at radius 2 is 2.00 bits per heavy atom. The topological polar surface area (TPSA) is 30.7 Å². The van der Waals surface area contributed by atoms with E-state index < -0.39 is 0 Å². The molecule has 18 heavy (non-hydrogen) atoms. The van der Waals surface area contributed by atoms with Crippen molar-refractivity contribution in [2.75, 3.05) is 0 Å². The molecule has 0 saturated heterocycles. The average Bonchev–Trinajstić information content (AvgIpc) is 2.54. The third kappa shape index (κ3) is 2.16. The maximum atomic E-state index is 6.28. The van der Waals surface area contributed by atoms with E-state index in [0.717, 1.165) is 39.9 Å². The van der Waals surface area contributed by atoms with Crippen LogP contribution in [0.25, 0.3) is 11.0 Å². The lowest BCUT2D eigenvalue weighted by Crippen LogP contribution is -2.03. The van der Waals surface area contributed by atoms with Gasteiger partial charge in [0.05, 0.1) is 15.6 Å². The van der Waals surface area contributed by atoms with Crippen molar-refractivity contribution in [2.24, 2.45) is 7.05 Å². The second kappa shape index (κ2) is 5.17. The molecule has 0 unspecified atom stereocenters. The first-order chi connectivity index (χ1) is 8.47. The number of rotatable bonds is 3. The van der Waals surface area contributed by atoms with Gasteiger partial charge in [-0.2, -0.15) is 0 Å². The SMILES string of the molecule is CCCc1nc(C(C)C)c2c(Br)c(Cl)n(C)c2n1. The van der Waals surface area contributed by atoms with Gasteiger partial charge in [0.15, 0.2) is 0 Å². The van der Waals surface area contributed by atoms with Gasteiger partial charge in [0.25, 0.3) is 0 Å². The summed E-state index contributed by atoms with van der Waals surface area (Å²) in [7, 11) is 1.93. The first-order valence-corrected chi connectivity index (χ1v) is 7.34. The molecule has 0 amide bonds. The molecule has 0 aromatic carbocycles. The second-order valence-corrected chi connectivity index (χ2v) is 5.94. The summed E-state index contributed by atoms with van der Waals surface area (Å²) in [5.41, 5.74) is 1.98. The Bertz CT molecular complexity index is 590. The van der Waals surface area contributed by atoms with Crippen molar-refractivity contribution in [1.29, 1.82) is 0 Å². The van der Waals surface area contributed by atoms with Crippen LogP contribution in [0, 0.1) is 0 Å². The van der Waals surface area contributed by atoms with Crippen LogP contribution in [0.1, 0.15) is 44.6 Å². The molecule has 0 aliphatic heterocycles. The van der Waals surface area contributed by atoms with Gasteiger partial charge in [0, 0.05) is 13.5 Å². The van der Waals surface area contributed by atoms with Gasteiger partial charge in [-0.05, 0) is 28.3 Å². The van der Waals surface area contributed by atoms with Gasteiger partial charge in [0.1, 0.15) is 16.6 Å². The summed E-state index contributed by atoms with van der Waals surface area (Å²) < 4.78 is 2.81. The minimum Gasteiger partial charge on any atom is -0.318 e. The summed E-state index contributed by atoms with van der Waals surface area (Å²) >= 11 is 9.83. The van der Waals surface area contributed by atoms with Crippen LogP contribution in [0.5, 0.6) is 0 Å². The first-order valence-electron chi connectivity index (χ1n) is 6.17. The van der Waals surface area contributed by atoms with Gasteiger partial charge < -0.3 is 4.57 Å². The van der Waals surface area contributed by atoms with Crippen molar-refractivity contribution in [3.63, 3.8) is 0 Å². The quantitative estimate of drug-likeness (QED) is 0.832. The van der Waals surface area contributed by atoms with Gasteiger partial charge in [-0.25, -0.2) is 9.97 Å². The van der Waals surface area contributed by atoms with E-state index in [-0.39, 0.29) is 0 Å². The van der Waals surface area contributed by atoms with Crippen molar-refractivity contribution in [3.8, 4) is 0 Å². The molecule has 2 heterocycles. The number of hydrogen-bond acceptors (Lipinski definition) is 2. The Kier molecular flexibility index (Phi) is 3.97. The minimum absolute atomic E-state index is 0.348. The summed E-state index contributed by atoms with van der Waals surface area (Å²) in [6.07, 6.45) is 1.94. The fourth-order valence-corrected chi connectivity index (χ4v) is 2.88. The largest absolute Gasteiger partial charge is 0.318 e. The minimum atomic E-state index is 0.348. The molecule has 3 nitrogen and oxygen atoms in total. The van der Waals surface area contributed by atoms with Crippen LogP contribution in [-0.2, 0) is 13.5 Å². The molecule has 98 valence electrons. The molecular formula is C13H17BrClN3. The van der Waals surface area contributed by atoms with Crippen LogP contribution in [0.2, 0.25) is 5.15 Å². The Hall–Kier alpha value is -0.610. The highest BCUT2D eigenvalue weighted by atomic mass is 79.9. The van der Waals surface area contributed by atoms with E-state index in [9.17, 15) is 0 Å². The maximum Gasteiger partial charge on any atom is 0.146 e. The lowest BCUT2D eigenvalue weighted by molar-refractivity contribution is 0.773. The third-order valence-electron chi connectivity index (χ3n) is 3.00. The Morgan fingerprint density at radius 1 is 1.33 bits per heavy atom. The van der Waals surface area contributed by atoms with Crippen molar-refractivity contribution in [3.05, 3.63) is 21.1 Å². The summed E-state index contributed by atoms with van der Waals surface area (Å²) in [6.45, 7) is 6.42. The molecular weight excluding hydrogens is 314 g/mol. The molecule has 0 aliphatic carbocycles. The van der Waals surface area contributed by atoms with Crippen molar-refractivity contribution in [1.82, 2.24) is 14.5 Å². The number of fused-ring (bicyclic) bond motifs is 1. The third-order valence-corrected chi connectivity index (χ3v) is 4.44. The van der Waals surface area contributed by atoms with Crippen molar-refractivity contribution in [2.45, 2.75) is 39.5 Å². The highest BCUT2D eigenvalue weighted by Crippen LogP contribution is 2.36. The summed E-state index contributed by atoms with van der Waals surface area (Å²) in [6, 6.07) is 0. The second-order valence-electron chi connectivity index (χ2n) is 4.79. The van der Waals surface area contributed by atoms with Gasteiger partial charge >= 0.3 is 0 Å². The van der Waals surface area contributed by atoms with Gasteiger partial charge in [-0.15, -0.1) is 0 Å². The highest BCUT2D eigenvalue weighted by Gasteiger charge is 2.20. The van der Waals surface area contributed by atoms with Crippen molar-refractivity contribution < 1.29 is 0 Å². The van der Waals surface area contributed by atoms with E-state index in [1.165, 1.54) is 0 Å². The molecule has 2 rings (SSSR count). The smallest absolute Gasteiger partial charge is 0.146 e. The van der Waals surface area contributed by atoms with E-state index in [0.29, 0.717) is 11.1 Å².